The van der Waals surface area contributed by atoms with E-state index in [4.69, 9.17) is 4.74 Å². The molecule has 1 amide bonds. The number of anilines is 1. The Balaban J connectivity index is 1.82. The molecule has 104 valence electrons. The number of ether oxygens (including phenoxy) is 1. The summed E-state index contributed by atoms with van der Waals surface area (Å²) in [4.78, 5) is 15.9. The van der Waals surface area contributed by atoms with E-state index in [1.807, 2.05) is 43.3 Å². The smallest absolute Gasteiger partial charge is 0.224 e. The van der Waals surface area contributed by atoms with Gasteiger partial charge in [-0.25, -0.2) is 0 Å². The molecule has 0 atom stereocenters. The Labute approximate surface area is 118 Å². The van der Waals surface area contributed by atoms with E-state index >= 15 is 0 Å². The van der Waals surface area contributed by atoms with Crippen molar-refractivity contribution in [2.24, 2.45) is 0 Å². The van der Waals surface area contributed by atoms with E-state index in [0.29, 0.717) is 19.4 Å². The largest absolute Gasteiger partial charge is 0.494 e. The van der Waals surface area contributed by atoms with Gasteiger partial charge in [0.25, 0.3) is 0 Å². The van der Waals surface area contributed by atoms with Gasteiger partial charge in [0.1, 0.15) is 5.75 Å². The molecule has 1 N–H and O–H groups in total. The number of amides is 1. The fourth-order valence-electron chi connectivity index (χ4n) is 1.83. The maximum atomic E-state index is 11.8. The van der Waals surface area contributed by atoms with Crippen LogP contribution in [0.3, 0.4) is 0 Å². The normalized spacial score (nSPS) is 10.1. The molecule has 1 aromatic heterocycles. The highest BCUT2D eigenvalue weighted by atomic mass is 16.5. The van der Waals surface area contributed by atoms with Gasteiger partial charge in [0.2, 0.25) is 5.91 Å². The van der Waals surface area contributed by atoms with E-state index in [1.54, 1.807) is 12.4 Å². The molecule has 0 unspecified atom stereocenters. The monoisotopic (exact) mass is 270 g/mol. The summed E-state index contributed by atoms with van der Waals surface area (Å²) < 4.78 is 5.35. The summed E-state index contributed by atoms with van der Waals surface area (Å²) in [7, 11) is 0. The van der Waals surface area contributed by atoms with Crippen LogP contribution in [0.15, 0.2) is 48.8 Å². The second-order valence-electron chi connectivity index (χ2n) is 4.37. The zero-order chi connectivity index (χ0) is 14.2. The van der Waals surface area contributed by atoms with Crippen molar-refractivity contribution in [2.75, 3.05) is 11.9 Å². The van der Waals surface area contributed by atoms with Crippen LogP contribution in [0.4, 0.5) is 5.69 Å². The predicted octanol–water partition coefficient (Wildman–Crippen LogP) is 3.05. The Morgan fingerprint density at radius 3 is 2.70 bits per heavy atom. The zero-order valence-corrected chi connectivity index (χ0v) is 11.5. The number of aryl methyl sites for hydroxylation is 1. The van der Waals surface area contributed by atoms with E-state index in [9.17, 15) is 4.79 Å². The molecule has 0 fully saturated rings. The third-order valence-electron chi connectivity index (χ3n) is 2.81. The summed E-state index contributed by atoms with van der Waals surface area (Å²) in [6.07, 6.45) is 4.64. The molecule has 0 aliphatic heterocycles. The van der Waals surface area contributed by atoms with Crippen LogP contribution in [0.1, 0.15) is 18.9 Å². The molecule has 4 heteroatoms. The molecule has 2 rings (SSSR count). The van der Waals surface area contributed by atoms with Crippen molar-refractivity contribution < 1.29 is 9.53 Å². The van der Waals surface area contributed by atoms with Crippen LogP contribution >= 0.6 is 0 Å². The summed E-state index contributed by atoms with van der Waals surface area (Å²) in [5, 5.41) is 2.87. The summed E-state index contributed by atoms with van der Waals surface area (Å²) in [5.74, 6) is 0.805. The minimum atomic E-state index is -0.00184. The van der Waals surface area contributed by atoms with E-state index in [0.717, 1.165) is 17.0 Å². The van der Waals surface area contributed by atoms with Crippen molar-refractivity contribution in [1.82, 2.24) is 4.98 Å². The minimum Gasteiger partial charge on any atom is -0.494 e. The lowest BCUT2D eigenvalue weighted by Crippen LogP contribution is -2.12. The number of hydrogen-bond donors (Lipinski definition) is 1. The van der Waals surface area contributed by atoms with Crippen LogP contribution in [-0.2, 0) is 11.2 Å². The van der Waals surface area contributed by atoms with E-state index in [2.05, 4.69) is 10.3 Å². The van der Waals surface area contributed by atoms with Gasteiger partial charge in [-0.05, 0) is 49.2 Å². The molecule has 0 saturated heterocycles. The van der Waals surface area contributed by atoms with Gasteiger partial charge in [0, 0.05) is 24.5 Å². The number of pyridine rings is 1. The maximum Gasteiger partial charge on any atom is 0.224 e. The first-order valence-corrected chi connectivity index (χ1v) is 6.69. The molecule has 4 nitrogen and oxygen atoms in total. The molecule has 2 aromatic rings. The third kappa shape index (κ3) is 4.39. The van der Waals surface area contributed by atoms with E-state index < -0.39 is 0 Å². The topological polar surface area (TPSA) is 51.2 Å². The number of carbonyl (C=O) groups is 1. The van der Waals surface area contributed by atoms with Crippen LogP contribution < -0.4 is 10.1 Å². The molecule has 0 saturated carbocycles. The molecular weight excluding hydrogens is 252 g/mol. The van der Waals surface area contributed by atoms with Gasteiger partial charge in [0.05, 0.1) is 6.61 Å². The second kappa shape index (κ2) is 7.28. The first-order valence-electron chi connectivity index (χ1n) is 6.69. The predicted molar refractivity (Wildman–Crippen MR) is 78.8 cm³/mol. The maximum absolute atomic E-state index is 11.8. The van der Waals surface area contributed by atoms with Crippen molar-refractivity contribution >= 4 is 11.6 Å². The quantitative estimate of drug-likeness (QED) is 0.877. The van der Waals surface area contributed by atoms with Gasteiger partial charge in [-0.2, -0.15) is 0 Å². The van der Waals surface area contributed by atoms with Crippen LogP contribution in [-0.4, -0.2) is 17.5 Å². The minimum absolute atomic E-state index is 0.00184. The lowest BCUT2D eigenvalue weighted by molar-refractivity contribution is -0.116. The molecule has 20 heavy (non-hydrogen) atoms. The van der Waals surface area contributed by atoms with E-state index in [1.165, 1.54) is 0 Å². The number of aromatic nitrogens is 1. The van der Waals surface area contributed by atoms with Gasteiger partial charge < -0.3 is 10.1 Å². The Morgan fingerprint density at radius 1 is 1.25 bits per heavy atom. The van der Waals surface area contributed by atoms with Gasteiger partial charge in [-0.3, -0.25) is 9.78 Å². The molecule has 1 heterocycles. The molecule has 0 bridgehead atoms. The third-order valence-corrected chi connectivity index (χ3v) is 2.81. The molecule has 0 aliphatic carbocycles. The Morgan fingerprint density at radius 2 is 2.05 bits per heavy atom. The summed E-state index contributed by atoms with van der Waals surface area (Å²) in [6, 6.07) is 11.2. The van der Waals surface area contributed by atoms with Crippen LogP contribution in [0.25, 0.3) is 0 Å². The lowest BCUT2D eigenvalue weighted by atomic mass is 10.1. The number of rotatable bonds is 6. The SMILES string of the molecule is CCOc1ccc(NC(=O)CCc2cccnc2)cc1. The number of nitrogens with one attached hydrogen (secondary N) is 1. The molecule has 1 aromatic carbocycles. The lowest BCUT2D eigenvalue weighted by Gasteiger charge is -2.07. The molecule has 0 spiro atoms. The van der Waals surface area contributed by atoms with Crippen molar-refractivity contribution in [3.8, 4) is 5.75 Å². The van der Waals surface area contributed by atoms with Crippen molar-refractivity contribution in [3.63, 3.8) is 0 Å². The average molecular weight is 270 g/mol. The first kappa shape index (κ1) is 14.1. The second-order valence-corrected chi connectivity index (χ2v) is 4.37. The van der Waals surface area contributed by atoms with Gasteiger partial charge in [0.15, 0.2) is 0 Å². The summed E-state index contributed by atoms with van der Waals surface area (Å²) in [5.41, 5.74) is 1.85. The summed E-state index contributed by atoms with van der Waals surface area (Å²) >= 11 is 0. The van der Waals surface area contributed by atoms with Gasteiger partial charge in [-0.1, -0.05) is 6.07 Å². The fourth-order valence-corrected chi connectivity index (χ4v) is 1.83. The molecule has 0 radical (unpaired) electrons. The highest BCUT2D eigenvalue weighted by Gasteiger charge is 2.03. The van der Waals surface area contributed by atoms with Gasteiger partial charge >= 0.3 is 0 Å². The Bertz CT molecular complexity index is 538. The van der Waals surface area contributed by atoms with Crippen LogP contribution in [0, 0.1) is 0 Å². The van der Waals surface area contributed by atoms with Crippen LogP contribution in [0.2, 0.25) is 0 Å². The van der Waals surface area contributed by atoms with Crippen molar-refractivity contribution in [2.45, 2.75) is 19.8 Å². The van der Waals surface area contributed by atoms with Crippen molar-refractivity contribution in [1.29, 1.82) is 0 Å². The highest BCUT2D eigenvalue weighted by Crippen LogP contribution is 2.16. The van der Waals surface area contributed by atoms with E-state index in [-0.39, 0.29) is 5.91 Å². The number of nitrogens with zero attached hydrogens (tertiary/aromatic N) is 1. The average Bonchev–Trinajstić information content (AvgIpc) is 2.49. The highest BCUT2D eigenvalue weighted by molar-refractivity contribution is 5.90. The molecular formula is C16H18N2O2. The fraction of sp³-hybridized carbons (Fsp3) is 0.250. The summed E-state index contributed by atoms with van der Waals surface area (Å²) in [6.45, 7) is 2.57. The Kier molecular flexibility index (Phi) is 5.12. The molecule has 0 aliphatic rings. The van der Waals surface area contributed by atoms with Crippen LogP contribution in [0.5, 0.6) is 5.75 Å². The number of carbonyl (C=O) groups excluding carboxylic acids is 1. The van der Waals surface area contributed by atoms with Gasteiger partial charge in [-0.15, -0.1) is 0 Å². The number of benzene rings is 1. The Hall–Kier alpha value is -2.36. The number of hydrogen-bond acceptors (Lipinski definition) is 3. The van der Waals surface area contributed by atoms with Crippen molar-refractivity contribution in [3.05, 3.63) is 54.4 Å². The first-order chi connectivity index (χ1) is 9.78. The zero-order valence-electron chi connectivity index (χ0n) is 11.5. The standard InChI is InChI=1S/C16H18N2O2/c1-2-20-15-8-6-14(7-9-15)18-16(19)10-5-13-4-3-11-17-12-13/h3-4,6-9,11-12H,2,5,10H2,1H3,(H,18,19).